The smallest absolute Gasteiger partial charge is 0.337 e. The van der Waals surface area contributed by atoms with Crippen molar-refractivity contribution in [3.63, 3.8) is 0 Å². The first-order valence-electron chi connectivity index (χ1n) is 9.11. The summed E-state index contributed by atoms with van der Waals surface area (Å²) in [5.41, 5.74) is 0.378. The van der Waals surface area contributed by atoms with E-state index in [1.807, 2.05) is 30.3 Å². The molecule has 1 N–H and O–H groups in total. The van der Waals surface area contributed by atoms with Crippen LogP contribution in [0.15, 0.2) is 52.1 Å². The van der Waals surface area contributed by atoms with Gasteiger partial charge in [-0.3, -0.25) is 9.59 Å². The van der Waals surface area contributed by atoms with Crippen molar-refractivity contribution in [2.45, 2.75) is 18.8 Å². The lowest BCUT2D eigenvalue weighted by atomic mass is 9.96. The fourth-order valence-corrected chi connectivity index (χ4v) is 3.57. The average molecular weight is 380 g/mol. The molecule has 1 atom stereocenters. The number of rotatable bonds is 3. The molecule has 144 valence electrons. The Kier molecular flexibility index (Phi) is 4.64. The van der Waals surface area contributed by atoms with Gasteiger partial charge >= 0.3 is 5.69 Å². The fourth-order valence-electron chi connectivity index (χ4n) is 3.57. The van der Waals surface area contributed by atoms with Crippen LogP contribution in [0, 0.1) is 0 Å². The normalized spacial score (nSPS) is 16.9. The first-order chi connectivity index (χ1) is 13.5. The van der Waals surface area contributed by atoms with Crippen molar-refractivity contribution in [1.82, 2.24) is 29.4 Å². The number of hydrogen-bond donors (Lipinski definition) is 1. The minimum absolute atomic E-state index is 0.0745. The lowest BCUT2D eigenvalue weighted by Crippen LogP contribution is -2.40. The molecule has 1 amide bonds. The molecule has 1 unspecified atom stereocenters. The van der Waals surface area contributed by atoms with Crippen molar-refractivity contribution in [1.29, 1.82) is 0 Å². The van der Waals surface area contributed by atoms with Crippen LogP contribution in [-0.4, -0.2) is 48.4 Å². The molecular weight excluding hydrogens is 360 g/mol. The third-order valence-electron chi connectivity index (χ3n) is 4.94. The first-order valence-corrected chi connectivity index (χ1v) is 9.11. The molecule has 9 nitrogen and oxygen atoms in total. The quantitative estimate of drug-likeness (QED) is 0.719. The van der Waals surface area contributed by atoms with Crippen LogP contribution in [0.3, 0.4) is 0 Å². The van der Waals surface area contributed by atoms with Gasteiger partial charge in [-0.1, -0.05) is 18.2 Å². The van der Waals surface area contributed by atoms with E-state index in [2.05, 4.69) is 15.3 Å². The van der Waals surface area contributed by atoms with Crippen LogP contribution < -0.4 is 11.2 Å². The van der Waals surface area contributed by atoms with E-state index in [-0.39, 0.29) is 28.8 Å². The summed E-state index contributed by atoms with van der Waals surface area (Å²) >= 11 is 0. The molecule has 0 spiro atoms. The van der Waals surface area contributed by atoms with Gasteiger partial charge in [0.05, 0.1) is 5.69 Å². The zero-order valence-corrected chi connectivity index (χ0v) is 15.4. The van der Waals surface area contributed by atoms with Gasteiger partial charge < -0.3 is 4.90 Å². The first kappa shape index (κ1) is 17.9. The Balaban J connectivity index is 1.65. The van der Waals surface area contributed by atoms with E-state index < -0.39 is 0 Å². The number of hydrogen-bond acceptors (Lipinski definition) is 5. The van der Waals surface area contributed by atoms with Gasteiger partial charge in [0, 0.05) is 32.1 Å². The topological polar surface area (TPSA) is 106 Å². The van der Waals surface area contributed by atoms with E-state index in [4.69, 9.17) is 0 Å². The number of likely N-dealkylation sites (tertiary alicyclic amines) is 1. The number of nitrogens with one attached hydrogen (secondary N) is 1. The molecule has 0 radical (unpaired) electrons. The largest absolute Gasteiger partial charge is 0.350 e. The molecule has 1 saturated heterocycles. The molecular formula is C19H20N6O3. The van der Waals surface area contributed by atoms with E-state index in [1.54, 1.807) is 16.5 Å². The Bertz CT molecular complexity index is 1090. The summed E-state index contributed by atoms with van der Waals surface area (Å²) in [5, 5.41) is 10.6. The molecule has 0 bridgehead atoms. The maximum absolute atomic E-state index is 12.8. The molecule has 28 heavy (non-hydrogen) atoms. The summed E-state index contributed by atoms with van der Waals surface area (Å²) in [4.78, 5) is 38.3. The molecule has 1 aliphatic rings. The Morgan fingerprint density at radius 3 is 2.64 bits per heavy atom. The number of para-hydroxylation sites is 1. The lowest BCUT2D eigenvalue weighted by molar-refractivity contribution is 0.0696. The van der Waals surface area contributed by atoms with Crippen molar-refractivity contribution >= 4 is 5.91 Å². The number of aromatic amines is 1. The van der Waals surface area contributed by atoms with Crippen LogP contribution in [0.25, 0.3) is 5.69 Å². The summed E-state index contributed by atoms with van der Waals surface area (Å²) in [6.07, 6.45) is 1.62. The highest BCUT2D eigenvalue weighted by Gasteiger charge is 2.30. The highest BCUT2D eigenvalue weighted by Crippen LogP contribution is 2.27. The van der Waals surface area contributed by atoms with Gasteiger partial charge in [0.15, 0.2) is 0 Å². The Hall–Kier alpha value is -3.49. The predicted molar refractivity (Wildman–Crippen MR) is 102 cm³/mol. The van der Waals surface area contributed by atoms with Gasteiger partial charge in [-0.2, -0.15) is 10.2 Å². The van der Waals surface area contributed by atoms with E-state index in [0.717, 1.165) is 18.5 Å². The number of nitrogens with zero attached hydrogens (tertiary/aromatic N) is 5. The van der Waals surface area contributed by atoms with Crippen LogP contribution in [-0.2, 0) is 7.05 Å². The second-order valence-electron chi connectivity index (χ2n) is 6.83. The van der Waals surface area contributed by atoms with E-state index in [1.165, 1.54) is 16.8 Å². The third-order valence-corrected chi connectivity index (χ3v) is 4.94. The van der Waals surface area contributed by atoms with E-state index in [0.29, 0.717) is 18.9 Å². The second kappa shape index (κ2) is 7.26. The van der Waals surface area contributed by atoms with Crippen LogP contribution in [0.4, 0.5) is 0 Å². The number of amides is 1. The number of piperidine rings is 1. The van der Waals surface area contributed by atoms with Crippen LogP contribution >= 0.6 is 0 Å². The summed E-state index contributed by atoms with van der Waals surface area (Å²) in [6.45, 7) is 1.03. The zero-order chi connectivity index (χ0) is 19.7. The number of benzene rings is 1. The van der Waals surface area contributed by atoms with Gasteiger partial charge in [0.2, 0.25) is 0 Å². The van der Waals surface area contributed by atoms with Crippen molar-refractivity contribution < 1.29 is 4.79 Å². The highest BCUT2D eigenvalue weighted by molar-refractivity contribution is 5.92. The third kappa shape index (κ3) is 3.26. The lowest BCUT2D eigenvalue weighted by Gasteiger charge is -2.32. The fraction of sp³-hybridized carbons (Fsp3) is 0.316. The molecule has 1 aromatic carbocycles. The summed E-state index contributed by atoms with van der Waals surface area (Å²) < 4.78 is 2.93. The summed E-state index contributed by atoms with van der Waals surface area (Å²) in [5.74, 6) is 0.325. The van der Waals surface area contributed by atoms with Crippen molar-refractivity contribution in [3.8, 4) is 5.69 Å². The van der Waals surface area contributed by atoms with Crippen molar-refractivity contribution in [3.05, 3.63) is 74.8 Å². The van der Waals surface area contributed by atoms with Crippen LogP contribution in [0.5, 0.6) is 0 Å². The van der Waals surface area contributed by atoms with E-state index in [9.17, 15) is 14.4 Å². The molecule has 9 heteroatoms. The predicted octanol–water partition coefficient (Wildman–Crippen LogP) is 0.674. The molecule has 3 heterocycles. The molecule has 1 fully saturated rings. The number of H-pyrrole nitrogens is 1. The van der Waals surface area contributed by atoms with Crippen LogP contribution in [0.1, 0.15) is 35.1 Å². The van der Waals surface area contributed by atoms with Crippen molar-refractivity contribution in [2.24, 2.45) is 7.05 Å². The van der Waals surface area contributed by atoms with Gasteiger partial charge in [0.25, 0.3) is 11.5 Å². The van der Waals surface area contributed by atoms with Crippen molar-refractivity contribution in [2.75, 3.05) is 13.1 Å². The standard InChI is InChI=1S/C19H20N6O3/c1-23-19(28)25(14-7-3-2-4-8-14)17(22-23)13-6-5-11-24(12-13)18(27)15-9-10-16(26)21-20-15/h2-4,7-10,13H,5-6,11-12H2,1H3,(H,21,26). The number of carbonyl (C=O) groups excluding carboxylic acids is 1. The maximum atomic E-state index is 12.8. The van der Waals surface area contributed by atoms with Crippen LogP contribution in [0.2, 0.25) is 0 Å². The zero-order valence-electron chi connectivity index (χ0n) is 15.4. The van der Waals surface area contributed by atoms with Gasteiger partial charge in [0.1, 0.15) is 11.5 Å². The molecule has 0 aliphatic carbocycles. The average Bonchev–Trinajstić information content (AvgIpc) is 3.03. The number of aryl methyl sites for hydroxylation is 1. The highest BCUT2D eigenvalue weighted by atomic mass is 16.2. The van der Waals surface area contributed by atoms with Gasteiger partial charge in [-0.15, -0.1) is 0 Å². The molecule has 1 aliphatic heterocycles. The van der Waals surface area contributed by atoms with Gasteiger partial charge in [-0.05, 0) is 31.0 Å². The second-order valence-corrected chi connectivity index (χ2v) is 6.83. The summed E-state index contributed by atoms with van der Waals surface area (Å²) in [7, 11) is 1.63. The van der Waals surface area contributed by atoms with Gasteiger partial charge in [-0.25, -0.2) is 19.1 Å². The SMILES string of the molecule is Cn1nc(C2CCCN(C(=O)c3ccc(=O)[nH]n3)C2)n(-c2ccccc2)c1=O. The Morgan fingerprint density at radius 1 is 1.14 bits per heavy atom. The Labute approximate surface area is 160 Å². The molecule has 4 rings (SSSR count). The number of aromatic nitrogens is 5. The van der Waals surface area contributed by atoms with E-state index >= 15 is 0 Å². The molecule has 3 aromatic rings. The minimum atomic E-state index is -0.353. The number of carbonyl (C=O) groups is 1. The molecule has 0 saturated carbocycles. The maximum Gasteiger partial charge on any atom is 0.350 e. The Morgan fingerprint density at radius 2 is 1.93 bits per heavy atom. The monoisotopic (exact) mass is 380 g/mol. The molecule has 2 aromatic heterocycles. The minimum Gasteiger partial charge on any atom is -0.337 e. The summed E-state index contributed by atoms with van der Waals surface area (Å²) in [6, 6.07) is 12.1.